The molecule has 0 aliphatic carbocycles. The minimum atomic E-state index is -0.0660. The Morgan fingerprint density at radius 2 is 2.11 bits per heavy atom. The Morgan fingerprint density at radius 3 is 2.78 bits per heavy atom. The molecule has 0 saturated carbocycles. The zero-order valence-electron chi connectivity index (χ0n) is 11.2. The average molecular weight is 263 g/mol. The molecule has 0 amide bonds. The van der Waals surface area contributed by atoms with Crippen molar-refractivity contribution in [2.24, 2.45) is 11.7 Å². The van der Waals surface area contributed by atoms with Gasteiger partial charge in [-0.05, 0) is 42.9 Å². The largest absolute Gasteiger partial charge is 0.369 e. The fourth-order valence-electron chi connectivity index (χ4n) is 2.34. The van der Waals surface area contributed by atoms with Crippen molar-refractivity contribution in [1.29, 1.82) is 0 Å². The predicted octanol–water partition coefficient (Wildman–Crippen LogP) is 3.47. The Labute approximate surface area is 113 Å². The maximum atomic E-state index is 5.94. The van der Waals surface area contributed by atoms with Gasteiger partial charge in [0.25, 0.3) is 0 Å². The van der Waals surface area contributed by atoms with Gasteiger partial charge in [-0.2, -0.15) is 4.37 Å². The number of nitrogens with two attached hydrogens (primary N) is 1. The summed E-state index contributed by atoms with van der Waals surface area (Å²) in [5, 5.41) is 5.90. The smallest absolute Gasteiger partial charge is 0.117 e. The third-order valence-corrected chi connectivity index (χ3v) is 3.90. The molecule has 0 aliphatic rings. The van der Waals surface area contributed by atoms with Crippen LogP contribution in [-0.4, -0.2) is 16.5 Å². The molecule has 1 aromatic carbocycles. The highest BCUT2D eigenvalue weighted by molar-refractivity contribution is 7.11. The number of aromatic nitrogens is 1. The van der Waals surface area contributed by atoms with E-state index in [2.05, 4.69) is 36.5 Å². The monoisotopic (exact) mass is 263 g/mol. The van der Waals surface area contributed by atoms with E-state index in [0.29, 0.717) is 12.5 Å². The van der Waals surface area contributed by atoms with Crippen molar-refractivity contribution < 1.29 is 0 Å². The van der Waals surface area contributed by atoms with Crippen molar-refractivity contribution in [3.8, 4) is 0 Å². The SMILES string of the molecule is CC(C)CC(C)(CN)Nc1snc2ccccc12. The highest BCUT2D eigenvalue weighted by atomic mass is 32.1. The molecule has 1 atom stereocenters. The van der Waals surface area contributed by atoms with Crippen molar-refractivity contribution >= 4 is 27.4 Å². The Hall–Kier alpha value is -1.13. The normalized spacial score (nSPS) is 14.9. The summed E-state index contributed by atoms with van der Waals surface area (Å²) in [7, 11) is 0. The summed E-state index contributed by atoms with van der Waals surface area (Å²) in [6, 6.07) is 8.21. The molecule has 0 bridgehead atoms. The lowest BCUT2D eigenvalue weighted by atomic mass is 9.91. The second-order valence-electron chi connectivity index (χ2n) is 5.52. The van der Waals surface area contributed by atoms with Gasteiger partial charge in [0.1, 0.15) is 5.00 Å². The summed E-state index contributed by atoms with van der Waals surface area (Å²) in [4.78, 5) is 0. The lowest BCUT2D eigenvalue weighted by Gasteiger charge is -2.31. The quantitative estimate of drug-likeness (QED) is 0.868. The lowest BCUT2D eigenvalue weighted by Crippen LogP contribution is -2.43. The van der Waals surface area contributed by atoms with E-state index in [-0.39, 0.29) is 5.54 Å². The van der Waals surface area contributed by atoms with Gasteiger partial charge in [-0.25, -0.2) is 0 Å². The van der Waals surface area contributed by atoms with Crippen LogP contribution < -0.4 is 11.1 Å². The molecule has 0 fully saturated rings. The number of benzene rings is 1. The number of fused-ring (bicyclic) bond motifs is 1. The summed E-state index contributed by atoms with van der Waals surface area (Å²) in [6.45, 7) is 7.25. The number of anilines is 1. The lowest BCUT2D eigenvalue weighted by molar-refractivity contribution is 0.408. The minimum absolute atomic E-state index is 0.0660. The maximum Gasteiger partial charge on any atom is 0.117 e. The molecule has 1 aromatic heterocycles. The number of rotatable bonds is 5. The molecule has 0 saturated heterocycles. The zero-order valence-corrected chi connectivity index (χ0v) is 12.1. The van der Waals surface area contributed by atoms with Crippen LogP contribution in [-0.2, 0) is 0 Å². The summed E-state index contributed by atoms with van der Waals surface area (Å²) in [5.74, 6) is 0.616. The molecule has 3 nitrogen and oxygen atoms in total. The molecule has 4 heteroatoms. The van der Waals surface area contributed by atoms with Crippen LogP contribution in [0.4, 0.5) is 5.00 Å². The third kappa shape index (κ3) is 2.82. The van der Waals surface area contributed by atoms with Crippen LogP contribution >= 0.6 is 11.5 Å². The summed E-state index contributed by atoms with van der Waals surface area (Å²) < 4.78 is 4.45. The Morgan fingerprint density at radius 1 is 1.39 bits per heavy atom. The van der Waals surface area contributed by atoms with E-state index in [0.717, 1.165) is 16.9 Å². The van der Waals surface area contributed by atoms with E-state index in [1.165, 1.54) is 16.9 Å². The van der Waals surface area contributed by atoms with E-state index >= 15 is 0 Å². The second kappa shape index (κ2) is 5.24. The fraction of sp³-hybridized carbons (Fsp3) is 0.500. The minimum Gasteiger partial charge on any atom is -0.369 e. The molecule has 2 rings (SSSR count). The second-order valence-corrected chi connectivity index (χ2v) is 6.29. The molecular weight excluding hydrogens is 242 g/mol. The molecule has 18 heavy (non-hydrogen) atoms. The first-order chi connectivity index (χ1) is 8.54. The van der Waals surface area contributed by atoms with Gasteiger partial charge in [0.2, 0.25) is 0 Å². The van der Waals surface area contributed by atoms with Gasteiger partial charge in [0, 0.05) is 17.5 Å². The van der Waals surface area contributed by atoms with Crippen LogP contribution in [0.5, 0.6) is 0 Å². The van der Waals surface area contributed by atoms with E-state index in [9.17, 15) is 0 Å². The van der Waals surface area contributed by atoms with Crippen LogP contribution in [0.2, 0.25) is 0 Å². The first-order valence-corrected chi connectivity index (χ1v) is 7.14. The predicted molar refractivity (Wildman–Crippen MR) is 80.2 cm³/mol. The zero-order chi connectivity index (χ0) is 13.2. The summed E-state index contributed by atoms with van der Waals surface area (Å²) in [6.07, 6.45) is 1.05. The first kappa shape index (κ1) is 13.3. The van der Waals surface area contributed by atoms with Crippen LogP contribution in [0.1, 0.15) is 27.2 Å². The standard InChI is InChI=1S/C14H21N3S/c1-10(2)8-14(3,9-15)16-13-11-6-4-5-7-12(11)17-18-13/h4-7,10,16H,8-9,15H2,1-3H3. The van der Waals surface area contributed by atoms with Crippen molar-refractivity contribution in [1.82, 2.24) is 4.37 Å². The van der Waals surface area contributed by atoms with Crippen molar-refractivity contribution in [2.45, 2.75) is 32.7 Å². The van der Waals surface area contributed by atoms with Gasteiger partial charge in [0.05, 0.1) is 5.52 Å². The van der Waals surface area contributed by atoms with Crippen LogP contribution in [0.3, 0.4) is 0 Å². The van der Waals surface area contributed by atoms with E-state index in [1.807, 2.05) is 18.2 Å². The van der Waals surface area contributed by atoms with Crippen LogP contribution in [0.25, 0.3) is 10.9 Å². The number of hydrogen-bond donors (Lipinski definition) is 2. The fourth-order valence-corrected chi connectivity index (χ4v) is 3.25. The van der Waals surface area contributed by atoms with Crippen molar-refractivity contribution in [3.05, 3.63) is 24.3 Å². The number of nitrogens with zero attached hydrogens (tertiary/aromatic N) is 1. The Kier molecular flexibility index (Phi) is 3.88. The molecule has 3 N–H and O–H groups in total. The molecule has 98 valence electrons. The van der Waals surface area contributed by atoms with Crippen molar-refractivity contribution in [2.75, 3.05) is 11.9 Å². The number of nitrogens with one attached hydrogen (secondary N) is 1. The van der Waals surface area contributed by atoms with Crippen LogP contribution in [0, 0.1) is 5.92 Å². The molecule has 1 unspecified atom stereocenters. The van der Waals surface area contributed by atoms with Gasteiger partial charge in [-0.1, -0.05) is 26.0 Å². The van der Waals surface area contributed by atoms with Gasteiger partial charge < -0.3 is 11.1 Å². The van der Waals surface area contributed by atoms with Gasteiger partial charge in [0.15, 0.2) is 0 Å². The van der Waals surface area contributed by atoms with Crippen LogP contribution in [0.15, 0.2) is 24.3 Å². The summed E-state index contributed by atoms with van der Waals surface area (Å²) in [5.41, 5.74) is 6.92. The molecule has 1 heterocycles. The summed E-state index contributed by atoms with van der Waals surface area (Å²) >= 11 is 1.52. The highest BCUT2D eigenvalue weighted by Crippen LogP contribution is 2.31. The average Bonchev–Trinajstić information content (AvgIpc) is 2.72. The molecule has 0 aliphatic heterocycles. The third-order valence-electron chi connectivity index (χ3n) is 3.11. The Balaban J connectivity index is 2.26. The number of hydrogen-bond acceptors (Lipinski definition) is 4. The molecule has 0 radical (unpaired) electrons. The molecule has 0 spiro atoms. The van der Waals surface area contributed by atoms with Gasteiger partial charge in [-0.15, -0.1) is 0 Å². The van der Waals surface area contributed by atoms with E-state index in [1.54, 1.807) is 0 Å². The Bertz CT molecular complexity index is 520. The van der Waals surface area contributed by atoms with Gasteiger partial charge >= 0.3 is 0 Å². The first-order valence-electron chi connectivity index (χ1n) is 6.37. The molecular formula is C14H21N3S. The van der Waals surface area contributed by atoms with Gasteiger partial charge in [-0.3, -0.25) is 0 Å². The highest BCUT2D eigenvalue weighted by Gasteiger charge is 2.25. The molecule has 2 aromatic rings. The van der Waals surface area contributed by atoms with Crippen molar-refractivity contribution in [3.63, 3.8) is 0 Å². The van der Waals surface area contributed by atoms with E-state index < -0.39 is 0 Å². The maximum absolute atomic E-state index is 5.94. The topological polar surface area (TPSA) is 50.9 Å². The van der Waals surface area contributed by atoms with E-state index in [4.69, 9.17) is 5.73 Å².